The number of Topliss-reactive ketones (excluding diaryl/α,β-unsaturated/α-hetero) is 1. The number of carboxylic acids is 1. The van der Waals surface area contributed by atoms with Gasteiger partial charge in [0.1, 0.15) is 24.4 Å². The number of hydrogen-bond donors (Lipinski definition) is 3. The zero-order valence-electron chi connectivity index (χ0n) is 29.8. The summed E-state index contributed by atoms with van der Waals surface area (Å²) in [5.41, 5.74) is -0.510. The first-order valence-electron chi connectivity index (χ1n) is 17.3. The maximum atomic E-state index is 13.1. The van der Waals surface area contributed by atoms with Gasteiger partial charge in [-0.2, -0.15) is 0 Å². The summed E-state index contributed by atoms with van der Waals surface area (Å²) in [5.74, 6) is -3.25. The molecular weight excluding hydrogens is 614 g/mol. The van der Waals surface area contributed by atoms with E-state index in [2.05, 4.69) is 17.0 Å². The number of methoxy groups -OCH3 is 2. The first-order valence-corrected chi connectivity index (χ1v) is 17.3. The fourth-order valence-electron chi connectivity index (χ4n) is 5.17. The number of hydrogen-bond acceptors (Lipinski definition) is 8. The SMILES string of the molecule is CCCCCCCC(=O)CCCCCC/C=C/[C@H](CC(=O)NC(Cc1ccc(OCC=C(C)C)cc1)OC)[C@@](O)(CC(=O)OC)C(=O)O. The molecule has 1 unspecified atom stereocenters. The second-order valence-corrected chi connectivity index (χ2v) is 12.6. The predicted molar refractivity (Wildman–Crippen MR) is 187 cm³/mol. The molecule has 0 spiro atoms. The third-order valence-electron chi connectivity index (χ3n) is 8.23. The van der Waals surface area contributed by atoms with Gasteiger partial charge in [-0.1, -0.05) is 75.3 Å². The molecule has 0 bridgehead atoms. The Labute approximate surface area is 287 Å². The van der Waals surface area contributed by atoms with Crippen molar-refractivity contribution in [1.29, 1.82) is 0 Å². The lowest BCUT2D eigenvalue weighted by Gasteiger charge is -2.30. The zero-order chi connectivity index (χ0) is 35.8. The summed E-state index contributed by atoms with van der Waals surface area (Å²) in [6.07, 6.45) is 14.6. The van der Waals surface area contributed by atoms with E-state index in [0.29, 0.717) is 43.8 Å². The normalized spacial score (nSPS) is 13.7. The van der Waals surface area contributed by atoms with Gasteiger partial charge < -0.3 is 29.7 Å². The van der Waals surface area contributed by atoms with E-state index in [1.165, 1.54) is 32.4 Å². The zero-order valence-corrected chi connectivity index (χ0v) is 29.8. The topological polar surface area (TPSA) is 148 Å². The van der Waals surface area contributed by atoms with Crippen LogP contribution in [0.25, 0.3) is 0 Å². The van der Waals surface area contributed by atoms with Crippen molar-refractivity contribution in [3.63, 3.8) is 0 Å². The van der Waals surface area contributed by atoms with Crippen LogP contribution >= 0.6 is 0 Å². The molecule has 0 aromatic heterocycles. The van der Waals surface area contributed by atoms with Crippen molar-refractivity contribution >= 4 is 23.6 Å². The van der Waals surface area contributed by atoms with Crippen LogP contribution in [0.5, 0.6) is 5.75 Å². The highest BCUT2D eigenvalue weighted by Gasteiger charge is 2.46. The molecule has 1 rings (SSSR count). The van der Waals surface area contributed by atoms with Gasteiger partial charge in [-0.3, -0.25) is 14.4 Å². The van der Waals surface area contributed by atoms with E-state index in [4.69, 9.17) is 9.47 Å². The van der Waals surface area contributed by atoms with Crippen LogP contribution in [-0.4, -0.2) is 66.5 Å². The smallest absolute Gasteiger partial charge is 0.336 e. The molecule has 10 nitrogen and oxygen atoms in total. The van der Waals surface area contributed by atoms with E-state index < -0.39 is 48.4 Å². The number of esters is 1. The fourth-order valence-corrected chi connectivity index (χ4v) is 5.17. The molecule has 0 aliphatic carbocycles. The lowest BCUT2D eigenvalue weighted by Crippen LogP contribution is -2.49. The highest BCUT2D eigenvalue weighted by Crippen LogP contribution is 2.28. The Kier molecular flexibility index (Phi) is 21.8. The Balaban J connectivity index is 2.75. The summed E-state index contributed by atoms with van der Waals surface area (Å²) in [7, 11) is 2.56. The van der Waals surface area contributed by atoms with Crippen LogP contribution in [0.3, 0.4) is 0 Å². The number of carboxylic acid groups (broad SMARTS) is 1. The number of aliphatic hydroxyl groups is 1. The number of unbranched alkanes of at least 4 members (excludes halogenated alkanes) is 8. The molecule has 10 heteroatoms. The minimum atomic E-state index is -2.55. The number of amides is 1. The Morgan fingerprint density at radius 1 is 0.917 bits per heavy atom. The van der Waals surface area contributed by atoms with Gasteiger partial charge in [0.2, 0.25) is 5.91 Å². The van der Waals surface area contributed by atoms with Crippen LogP contribution in [-0.2, 0) is 35.1 Å². The summed E-state index contributed by atoms with van der Waals surface area (Å²) in [4.78, 5) is 49.5. The van der Waals surface area contributed by atoms with E-state index in [1.54, 1.807) is 6.08 Å². The van der Waals surface area contributed by atoms with Crippen molar-refractivity contribution in [1.82, 2.24) is 5.32 Å². The molecule has 1 amide bonds. The highest BCUT2D eigenvalue weighted by molar-refractivity contribution is 5.86. The number of ether oxygens (including phenoxy) is 3. The number of carbonyl (C=O) groups excluding carboxylic acids is 3. The molecular formula is C38H59NO9. The number of aliphatic carboxylic acids is 1. The molecule has 3 atom stereocenters. The molecule has 0 fully saturated rings. The molecule has 0 aliphatic rings. The number of benzene rings is 1. The van der Waals surface area contributed by atoms with E-state index in [-0.39, 0.29) is 0 Å². The van der Waals surface area contributed by atoms with E-state index in [1.807, 2.05) is 44.2 Å². The first kappa shape index (κ1) is 42.5. The van der Waals surface area contributed by atoms with Gasteiger partial charge in [0.25, 0.3) is 0 Å². The molecule has 0 saturated carbocycles. The van der Waals surface area contributed by atoms with Crippen molar-refractivity contribution < 1.29 is 43.6 Å². The van der Waals surface area contributed by atoms with Gasteiger partial charge in [0, 0.05) is 38.7 Å². The maximum absolute atomic E-state index is 13.1. The van der Waals surface area contributed by atoms with Crippen molar-refractivity contribution in [2.75, 3.05) is 20.8 Å². The highest BCUT2D eigenvalue weighted by atomic mass is 16.5. The van der Waals surface area contributed by atoms with Gasteiger partial charge >= 0.3 is 11.9 Å². The number of nitrogens with one attached hydrogen (secondary N) is 1. The molecule has 1 aromatic carbocycles. The van der Waals surface area contributed by atoms with Gasteiger partial charge in [-0.05, 0) is 63.3 Å². The standard InChI is InChI=1S/C38H59NO9/c1-6-7-8-11-15-18-32(40)19-16-13-10-9-12-14-17-31(38(45,37(43)44)28-36(42)47-5)27-34(41)39-35(46-4)26-30-20-22-33(23-21-30)48-25-24-29(2)3/h14,17,20-24,31,35,45H,6-13,15-16,18-19,25-28H2,1-5H3,(H,39,41)(H,43,44)/b17-14+/t31-,35?,38+/m1/s1. The van der Waals surface area contributed by atoms with Crippen LogP contribution in [0.4, 0.5) is 0 Å². The van der Waals surface area contributed by atoms with Crippen LogP contribution < -0.4 is 10.1 Å². The summed E-state index contributed by atoms with van der Waals surface area (Å²) in [6.45, 7) is 6.63. The van der Waals surface area contributed by atoms with Crippen LogP contribution in [0, 0.1) is 5.92 Å². The summed E-state index contributed by atoms with van der Waals surface area (Å²) in [6, 6.07) is 7.40. The minimum Gasteiger partial charge on any atom is -0.490 e. The van der Waals surface area contributed by atoms with Crippen molar-refractivity contribution in [2.24, 2.45) is 5.92 Å². The maximum Gasteiger partial charge on any atom is 0.336 e. The number of ketones is 1. The van der Waals surface area contributed by atoms with E-state index in [0.717, 1.165) is 56.8 Å². The average Bonchev–Trinajstić information content (AvgIpc) is 3.05. The van der Waals surface area contributed by atoms with Crippen molar-refractivity contribution in [3.8, 4) is 5.75 Å². The molecule has 0 aliphatic heterocycles. The Morgan fingerprint density at radius 2 is 1.54 bits per heavy atom. The lowest BCUT2D eigenvalue weighted by molar-refractivity contribution is -0.171. The molecule has 1 aromatic rings. The third kappa shape index (κ3) is 18.2. The molecule has 270 valence electrons. The largest absolute Gasteiger partial charge is 0.490 e. The third-order valence-corrected chi connectivity index (χ3v) is 8.23. The van der Waals surface area contributed by atoms with Gasteiger partial charge in [0.15, 0.2) is 5.60 Å². The van der Waals surface area contributed by atoms with Crippen LogP contribution in [0.15, 0.2) is 48.1 Å². The molecule has 0 heterocycles. The Hall–Kier alpha value is -3.50. The second-order valence-electron chi connectivity index (χ2n) is 12.6. The number of allylic oxidation sites excluding steroid dienone is 2. The molecule has 0 radical (unpaired) electrons. The average molecular weight is 674 g/mol. The molecule has 0 saturated heterocycles. The van der Waals surface area contributed by atoms with Crippen molar-refractivity contribution in [2.45, 2.75) is 129 Å². The lowest BCUT2D eigenvalue weighted by atomic mass is 9.81. The monoisotopic (exact) mass is 673 g/mol. The van der Waals surface area contributed by atoms with Crippen LogP contribution in [0.1, 0.15) is 116 Å². The fraction of sp³-hybridized carbons (Fsp3) is 0.632. The summed E-state index contributed by atoms with van der Waals surface area (Å²) in [5, 5.41) is 23.9. The molecule has 3 N–H and O–H groups in total. The van der Waals surface area contributed by atoms with Gasteiger partial charge in [0.05, 0.1) is 13.5 Å². The summed E-state index contributed by atoms with van der Waals surface area (Å²) >= 11 is 0. The number of rotatable bonds is 27. The second kappa shape index (κ2) is 24.6. The predicted octanol–water partition coefficient (Wildman–Crippen LogP) is 6.87. The summed E-state index contributed by atoms with van der Waals surface area (Å²) < 4.78 is 15.8. The van der Waals surface area contributed by atoms with E-state index in [9.17, 15) is 29.4 Å². The van der Waals surface area contributed by atoms with Crippen molar-refractivity contribution in [3.05, 3.63) is 53.6 Å². The van der Waals surface area contributed by atoms with E-state index >= 15 is 0 Å². The van der Waals surface area contributed by atoms with Gasteiger partial charge in [-0.25, -0.2) is 4.79 Å². The number of carbonyl (C=O) groups is 4. The molecule has 48 heavy (non-hydrogen) atoms. The van der Waals surface area contributed by atoms with Gasteiger partial charge in [-0.15, -0.1) is 0 Å². The Morgan fingerprint density at radius 3 is 2.10 bits per heavy atom. The first-order chi connectivity index (χ1) is 22.9. The van der Waals surface area contributed by atoms with Crippen LogP contribution in [0.2, 0.25) is 0 Å². The quantitative estimate of drug-likeness (QED) is 0.0394. The Bertz CT molecular complexity index is 1160. The minimum absolute atomic E-state index is 0.319.